The second-order valence-electron chi connectivity index (χ2n) is 10.5. The number of ketones is 4. The van der Waals surface area contributed by atoms with Gasteiger partial charge in [-0.05, 0) is 48.6 Å². The van der Waals surface area contributed by atoms with Gasteiger partial charge in [0.1, 0.15) is 17.3 Å². The van der Waals surface area contributed by atoms with E-state index in [-0.39, 0.29) is 36.6 Å². The van der Waals surface area contributed by atoms with E-state index in [1.165, 1.54) is 6.07 Å². The number of hydrogen-bond acceptors (Lipinski definition) is 9. The van der Waals surface area contributed by atoms with E-state index in [0.29, 0.717) is 29.2 Å². The Morgan fingerprint density at radius 2 is 1.86 bits per heavy atom. The number of primary amides is 1. The fourth-order valence-electron chi connectivity index (χ4n) is 6.12. The number of Topliss-reactive ketones (excluding diaryl/α,β-unsaturated/α-hetero) is 4. The molecule has 3 aliphatic rings. The highest BCUT2D eigenvalue weighted by molar-refractivity contribution is 6.31. The molecule has 1 heterocycles. The fourth-order valence-corrected chi connectivity index (χ4v) is 6.12. The standard InChI is InChI=1S/C27H28N2O8/c1-11(2)29-10-14-3-6-19(37-14)15-4-5-17(30)21-16(15)8-12-7-13-9-18(31)22(26(28)35)25(34)27(13,36)24(33)20(12)23(21)32/h3-6,11-13,20,22,29-30,36H,7-10H2,1-2H3,(H2,28,35)/t12-,13+,20?,22?,27+/m1/s1. The zero-order valence-electron chi connectivity index (χ0n) is 20.4. The number of benzene rings is 1. The molecular formula is C27H28N2O8. The van der Waals surface area contributed by atoms with Gasteiger partial charge in [-0.3, -0.25) is 24.0 Å². The van der Waals surface area contributed by atoms with Gasteiger partial charge in [-0.15, -0.1) is 0 Å². The summed E-state index contributed by atoms with van der Waals surface area (Å²) in [5.74, 6) is -9.13. The Hall–Kier alpha value is -3.63. The van der Waals surface area contributed by atoms with Gasteiger partial charge in [0.05, 0.1) is 18.0 Å². The summed E-state index contributed by atoms with van der Waals surface area (Å²) in [7, 11) is 0. The van der Waals surface area contributed by atoms with E-state index < -0.39 is 58.3 Å². The fraction of sp³-hybridized carbons (Fsp3) is 0.444. The monoisotopic (exact) mass is 508 g/mol. The number of furan rings is 1. The minimum Gasteiger partial charge on any atom is -0.507 e. The van der Waals surface area contributed by atoms with Crippen LogP contribution in [0.5, 0.6) is 5.75 Å². The number of aromatic hydroxyl groups is 1. The first-order valence-corrected chi connectivity index (χ1v) is 12.3. The van der Waals surface area contributed by atoms with E-state index in [0.717, 1.165) is 0 Å². The van der Waals surface area contributed by atoms with Gasteiger partial charge in [-0.2, -0.15) is 0 Å². The van der Waals surface area contributed by atoms with Crippen LogP contribution in [-0.4, -0.2) is 50.9 Å². The Labute approximate surface area is 212 Å². The normalized spacial score (nSPS) is 29.2. The van der Waals surface area contributed by atoms with Crippen LogP contribution in [0.3, 0.4) is 0 Å². The number of nitrogens with two attached hydrogens (primary N) is 1. The first-order valence-electron chi connectivity index (χ1n) is 12.3. The van der Waals surface area contributed by atoms with Gasteiger partial charge in [0.15, 0.2) is 34.7 Å². The maximum atomic E-state index is 13.6. The van der Waals surface area contributed by atoms with Crippen LogP contribution in [0.1, 0.15) is 48.4 Å². The first kappa shape index (κ1) is 25.0. The van der Waals surface area contributed by atoms with Crippen LogP contribution in [0.4, 0.5) is 0 Å². The van der Waals surface area contributed by atoms with Crippen molar-refractivity contribution in [1.29, 1.82) is 0 Å². The number of rotatable bonds is 5. The lowest BCUT2D eigenvalue weighted by molar-refractivity contribution is -0.175. The Balaban J connectivity index is 1.54. The van der Waals surface area contributed by atoms with E-state index in [1.807, 2.05) is 19.9 Å². The van der Waals surface area contributed by atoms with E-state index in [2.05, 4.69) is 5.32 Å². The van der Waals surface area contributed by atoms with Crippen LogP contribution in [0.2, 0.25) is 0 Å². The minimum atomic E-state index is -2.66. The van der Waals surface area contributed by atoms with E-state index >= 15 is 0 Å². The number of nitrogens with one attached hydrogen (secondary N) is 1. The molecule has 194 valence electrons. The molecule has 10 nitrogen and oxygen atoms in total. The number of carbonyl (C=O) groups is 5. The van der Waals surface area contributed by atoms with Gasteiger partial charge < -0.3 is 25.7 Å². The van der Waals surface area contributed by atoms with Crippen molar-refractivity contribution < 1.29 is 38.6 Å². The molecule has 0 radical (unpaired) electrons. The molecule has 5 atom stereocenters. The van der Waals surface area contributed by atoms with Crippen LogP contribution in [0.25, 0.3) is 11.3 Å². The SMILES string of the molecule is CC(C)NCc1ccc(-c2ccc(O)c3c2C[C@H]2C[C@H]4CC(=O)C(C(N)=O)C(=O)[C@@]4(O)C(=O)C2C3=O)o1. The summed E-state index contributed by atoms with van der Waals surface area (Å²) in [6, 6.07) is 6.83. The Kier molecular flexibility index (Phi) is 5.91. The van der Waals surface area contributed by atoms with E-state index in [1.54, 1.807) is 12.1 Å². The molecular weight excluding hydrogens is 480 g/mol. The molecule has 0 spiro atoms. The molecule has 1 aromatic heterocycles. The number of aliphatic hydroxyl groups is 1. The van der Waals surface area contributed by atoms with Crippen molar-refractivity contribution in [1.82, 2.24) is 5.32 Å². The Morgan fingerprint density at radius 1 is 1.14 bits per heavy atom. The highest BCUT2D eigenvalue weighted by Crippen LogP contribution is 2.51. The molecule has 3 aliphatic carbocycles. The average Bonchev–Trinajstić information content (AvgIpc) is 3.28. The maximum absolute atomic E-state index is 13.6. The molecule has 2 unspecified atom stereocenters. The van der Waals surface area contributed by atoms with Crippen molar-refractivity contribution in [3.63, 3.8) is 0 Å². The van der Waals surface area contributed by atoms with Crippen molar-refractivity contribution >= 4 is 29.0 Å². The van der Waals surface area contributed by atoms with Crippen LogP contribution in [0, 0.1) is 23.7 Å². The molecule has 2 fully saturated rings. The summed E-state index contributed by atoms with van der Waals surface area (Å²) in [6.45, 7) is 4.52. The minimum absolute atomic E-state index is 0.0395. The first-order chi connectivity index (χ1) is 17.4. The third-order valence-electron chi connectivity index (χ3n) is 7.90. The number of amides is 1. The number of phenolic OH excluding ortho intramolecular Hbond substituents is 1. The molecule has 1 amide bonds. The van der Waals surface area contributed by atoms with Crippen LogP contribution >= 0.6 is 0 Å². The topological polar surface area (TPSA) is 177 Å². The third kappa shape index (κ3) is 3.74. The summed E-state index contributed by atoms with van der Waals surface area (Å²) in [5, 5.41) is 25.1. The lowest BCUT2D eigenvalue weighted by atomic mass is 9.53. The van der Waals surface area contributed by atoms with Gasteiger partial charge in [0.2, 0.25) is 5.91 Å². The largest absolute Gasteiger partial charge is 0.507 e. The van der Waals surface area contributed by atoms with Gasteiger partial charge in [-0.25, -0.2) is 0 Å². The molecule has 0 aliphatic heterocycles. The molecule has 0 saturated heterocycles. The van der Waals surface area contributed by atoms with Crippen molar-refractivity contribution in [3.8, 4) is 17.1 Å². The average molecular weight is 509 g/mol. The van der Waals surface area contributed by atoms with Gasteiger partial charge in [0.25, 0.3) is 0 Å². The summed E-state index contributed by atoms with van der Waals surface area (Å²) in [5.41, 5.74) is 3.59. The maximum Gasteiger partial charge on any atom is 0.235 e. The molecule has 5 N–H and O–H groups in total. The van der Waals surface area contributed by atoms with Gasteiger partial charge >= 0.3 is 0 Å². The lowest BCUT2D eigenvalue weighted by Crippen LogP contribution is -2.68. The molecule has 2 aromatic rings. The molecule has 1 aromatic carbocycles. The number of fused-ring (bicyclic) bond motifs is 3. The smallest absolute Gasteiger partial charge is 0.235 e. The second kappa shape index (κ2) is 8.74. The zero-order valence-corrected chi connectivity index (χ0v) is 20.4. The summed E-state index contributed by atoms with van der Waals surface area (Å²) in [6.07, 6.45) is -0.142. The third-order valence-corrected chi connectivity index (χ3v) is 7.90. The molecule has 2 saturated carbocycles. The van der Waals surface area contributed by atoms with Crippen molar-refractivity contribution in [2.24, 2.45) is 29.4 Å². The predicted octanol–water partition coefficient (Wildman–Crippen LogP) is 1.08. The Bertz CT molecular complexity index is 1360. The summed E-state index contributed by atoms with van der Waals surface area (Å²) in [4.78, 5) is 64.4. The lowest BCUT2D eigenvalue weighted by Gasteiger charge is -2.48. The van der Waals surface area contributed by atoms with Gasteiger partial charge in [0, 0.05) is 23.9 Å². The quantitative estimate of drug-likeness (QED) is 0.430. The van der Waals surface area contributed by atoms with E-state index in [4.69, 9.17) is 10.2 Å². The molecule has 37 heavy (non-hydrogen) atoms. The molecule has 10 heteroatoms. The zero-order chi connectivity index (χ0) is 26.8. The molecule has 0 bridgehead atoms. The van der Waals surface area contributed by atoms with Crippen LogP contribution < -0.4 is 11.1 Å². The van der Waals surface area contributed by atoms with Crippen molar-refractivity contribution in [3.05, 3.63) is 41.2 Å². The second-order valence-corrected chi connectivity index (χ2v) is 10.5. The number of carbonyl (C=O) groups excluding carboxylic acids is 5. The molecule has 5 rings (SSSR count). The predicted molar refractivity (Wildman–Crippen MR) is 128 cm³/mol. The van der Waals surface area contributed by atoms with Gasteiger partial charge in [-0.1, -0.05) is 13.8 Å². The van der Waals surface area contributed by atoms with Crippen molar-refractivity contribution in [2.45, 2.75) is 51.3 Å². The van der Waals surface area contributed by atoms with Crippen LogP contribution in [-0.2, 0) is 32.1 Å². The van der Waals surface area contributed by atoms with E-state index in [9.17, 15) is 34.2 Å². The number of hydrogen-bond donors (Lipinski definition) is 4. The Morgan fingerprint density at radius 3 is 2.54 bits per heavy atom. The number of phenols is 1. The summed E-state index contributed by atoms with van der Waals surface area (Å²) < 4.78 is 5.99. The summed E-state index contributed by atoms with van der Waals surface area (Å²) >= 11 is 0. The van der Waals surface area contributed by atoms with Crippen molar-refractivity contribution in [2.75, 3.05) is 0 Å². The highest BCUT2D eigenvalue weighted by atomic mass is 16.3. The van der Waals surface area contributed by atoms with Crippen LogP contribution in [0.15, 0.2) is 28.7 Å². The highest BCUT2D eigenvalue weighted by Gasteiger charge is 2.66.